The maximum atomic E-state index is 11.4. The van der Waals surface area contributed by atoms with Crippen LogP contribution in [0.25, 0.3) is 0 Å². The molecule has 0 aliphatic heterocycles. The minimum atomic E-state index is 0.0460. The van der Waals surface area contributed by atoms with Crippen LogP contribution in [0.2, 0.25) is 0 Å². The number of hydrogen-bond acceptors (Lipinski definition) is 2. The molecular weight excluding hydrogens is 212 g/mol. The molecule has 0 spiro atoms. The summed E-state index contributed by atoms with van der Waals surface area (Å²) in [6.45, 7) is 9.23. The topological polar surface area (TPSA) is 41.1 Å². The fraction of sp³-hybridized carbons (Fsp3) is 0.500. The Hall–Kier alpha value is -1.35. The second-order valence-corrected chi connectivity index (χ2v) is 4.42. The Morgan fingerprint density at radius 1 is 1.35 bits per heavy atom. The largest absolute Gasteiger partial charge is 0.355 e. The van der Waals surface area contributed by atoms with Gasteiger partial charge in [0, 0.05) is 12.6 Å². The molecule has 0 aromatic heterocycles. The van der Waals surface area contributed by atoms with E-state index in [9.17, 15) is 4.79 Å². The van der Waals surface area contributed by atoms with Crippen molar-refractivity contribution in [3.05, 3.63) is 34.9 Å². The number of rotatable bonds is 5. The van der Waals surface area contributed by atoms with Crippen LogP contribution in [0, 0.1) is 13.8 Å². The Labute approximate surface area is 104 Å². The lowest BCUT2D eigenvalue weighted by Crippen LogP contribution is -2.35. The van der Waals surface area contributed by atoms with E-state index in [4.69, 9.17) is 0 Å². The van der Waals surface area contributed by atoms with Gasteiger partial charge in [-0.3, -0.25) is 4.79 Å². The van der Waals surface area contributed by atoms with Gasteiger partial charge in [-0.2, -0.15) is 0 Å². The Morgan fingerprint density at radius 3 is 2.71 bits per heavy atom. The lowest BCUT2D eigenvalue weighted by atomic mass is 10.00. The van der Waals surface area contributed by atoms with Crippen LogP contribution < -0.4 is 10.6 Å². The number of carbonyl (C=O) groups is 1. The third-order valence-electron chi connectivity index (χ3n) is 2.84. The molecule has 1 atom stereocenters. The van der Waals surface area contributed by atoms with Crippen molar-refractivity contribution in [2.45, 2.75) is 33.7 Å². The van der Waals surface area contributed by atoms with Crippen molar-refractivity contribution in [2.75, 3.05) is 13.1 Å². The first-order chi connectivity index (χ1) is 8.04. The van der Waals surface area contributed by atoms with E-state index in [0.29, 0.717) is 13.1 Å². The zero-order chi connectivity index (χ0) is 12.8. The van der Waals surface area contributed by atoms with E-state index in [-0.39, 0.29) is 11.9 Å². The quantitative estimate of drug-likeness (QED) is 0.819. The number of benzene rings is 1. The van der Waals surface area contributed by atoms with E-state index >= 15 is 0 Å². The molecule has 3 nitrogen and oxygen atoms in total. The highest BCUT2D eigenvalue weighted by molar-refractivity contribution is 5.77. The maximum Gasteiger partial charge on any atom is 0.233 e. The number of aryl methyl sites for hydroxylation is 2. The van der Waals surface area contributed by atoms with Crippen LogP contribution in [-0.4, -0.2) is 19.0 Å². The molecule has 1 unspecified atom stereocenters. The minimum absolute atomic E-state index is 0.0460. The molecule has 1 rings (SSSR count). The third kappa shape index (κ3) is 4.19. The van der Waals surface area contributed by atoms with Gasteiger partial charge >= 0.3 is 0 Å². The van der Waals surface area contributed by atoms with Gasteiger partial charge in [0.15, 0.2) is 0 Å². The predicted molar refractivity (Wildman–Crippen MR) is 71.0 cm³/mol. The summed E-state index contributed by atoms with van der Waals surface area (Å²) in [4.78, 5) is 11.4. The van der Waals surface area contributed by atoms with E-state index < -0.39 is 0 Å². The standard InChI is InChI=1S/C14H22N2O/c1-5-15-14(17)9-16-12(4)13-8-10(2)6-7-11(13)3/h6-8,12,16H,5,9H2,1-4H3,(H,15,17). The Morgan fingerprint density at radius 2 is 2.06 bits per heavy atom. The molecule has 0 radical (unpaired) electrons. The number of nitrogens with one attached hydrogen (secondary N) is 2. The van der Waals surface area contributed by atoms with Crippen molar-refractivity contribution in [2.24, 2.45) is 0 Å². The average molecular weight is 234 g/mol. The van der Waals surface area contributed by atoms with Gasteiger partial charge in [0.1, 0.15) is 0 Å². The van der Waals surface area contributed by atoms with E-state index in [1.54, 1.807) is 0 Å². The minimum Gasteiger partial charge on any atom is -0.355 e. The molecular formula is C14H22N2O. The van der Waals surface area contributed by atoms with Gasteiger partial charge < -0.3 is 10.6 Å². The predicted octanol–water partition coefficient (Wildman–Crippen LogP) is 2.09. The fourth-order valence-electron chi connectivity index (χ4n) is 1.84. The normalized spacial score (nSPS) is 12.2. The molecule has 1 aromatic rings. The van der Waals surface area contributed by atoms with Crippen molar-refractivity contribution in [3.8, 4) is 0 Å². The van der Waals surface area contributed by atoms with Crippen LogP contribution in [0.1, 0.15) is 36.6 Å². The first-order valence-electron chi connectivity index (χ1n) is 6.11. The molecule has 0 bridgehead atoms. The molecule has 0 aliphatic rings. The highest BCUT2D eigenvalue weighted by Gasteiger charge is 2.09. The van der Waals surface area contributed by atoms with Crippen LogP contribution in [0.4, 0.5) is 0 Å². The SMILES string of the molecule is CCNC(=O)CNC(C)c1cc(C)ccc1C. The molecule has 2 N–H and O–H groups in total. The van der Waals surface area contributed by atoms with Gasteiger partial charge in [0.2, 0.25) is 5.91 Å². The molecule has 0 saturated heterocycles. The second-order valence-electron chi connectivity index (χ2n) is 4.42. The molecule has 0 heterocycles. The highest BCUT2D eigenvalue weighted by atomic mass is 16.1. The summed E-state index contributed by atoms with van der Waals surface area (Å²) in [6, 6.07) is 6.59. The van der Waals surface area contributed by atoms with Gasteiger partial charge in [-0.05, 0) is 38.8 Å². The Bertz CT molecular complexity index is 388. The second kappa shape index (κ2) is 6.40. The van der Waals surface area contributed by atoms with E-state index in [1.165, 1.54) is 16.7 Å². The number of likely N-dealkylation sites (N-methyl/N-ethyl adjacent to an activating group) is 1. The molecule has 1 amide bonds. The van der Waals surface area contributed by atoms with Crippen LogP contribution in [0.3, 0.4) is 0 Å². The molecule has 0 fully saturated rings. The van der Waals surface area contributed by atoms with Crippen LogP contribution >= 0.6 is 0 Å². The van der Waals surface area contributed by atoms with Gasteiger partial charge in [-0.25, -0.2) is 0 Å². The van der Waals surface area contributed by atoms with Crippen LogP contribution in [-0.2, 0) is 4.79 Å². The molecule has 17 heavy (non-hydrogen) atoms. The summed E-state index contributed by atoms with van der Waals surface area (Å²) in [6.07, 6.45) is 0. The average Bonchev–Trinajstić information content (AvgIpc) is 2.29. The number of hydrogen-bond donors (Lipinski definition) is 2. The Balaban J connectivity index is 2.60. The first kappa shape index (κ1) is 13.7. The summed E-state index contributed by atoms with van der Waals surface area (Å²) in [5.41, 5.74) is 3.76. The number of carbonyl (C=O) groups excluding carboxylic acids is 1. The van der Waals surface area contributed by atoms with Gasteiger partial charge in [-0.15, -0.1) is 0 Å². The van der Waals surface area contributed by atoms with E-state index in [2.05, 4.69) is 49.6 Å². The molecule has 0 saturated carbocycles. The zero-order valence-corrected chi connectivity index (χ0v) is 11.1. The van der Waals surface area contributed by atoms with E-state index in [1.807, 2.05) is 6.92 Å². The molecule has 3 heteroatoms. The molecule has 94 valence electrons. The third-order valence-corrected chi connectivity index (χ3v) is 2.84. The molecule has 0 aliphatic carbocycles. The van der Waals surface area contributed by atoms with Gasteiger partial charge in [0.05, 0.1) is 6.54 Å². The fourth-order valence-corrected chi connectivity index (χ4v) is 1.84. The molecule has 1 aromatic carbocycles. The zero-order valence-electron chi connectivity index (χ0n) is 11.1. The first-order valence-corrected chi connectivity index (χ1v) is 6.11. The monoisotopic (exact) mass is 234 g/mol. The van der Waals surface area contributed by atoms with Crippen LogP contribution in [0.5, 0.6) is 0 Å². The summed E-state index contributed by atoms with van der Waals surface area (Å²) >= 11 is 0. The Kier molecular flexibility index (Phi) is 5.16. The van der Waals surface area contributed by atoms with Crippen molar-refractivity contribution < 1.29 is 4.79 Å². The van der Waals surface area contributed by atoms with Crippen molar-refractivity contribution in [1.29, 1.82) is 0 Å². The lowest BCUT2D eigenvalue weighted by molar-refractivity contribution is -0.120. The van der Waals surface area contributed by atoms with Crippen molar-refractivity contribution in [1.82, 2.24) is 10.6 Å². The summed E-state index contributed by atoms with van der Waals surface area (Å²) in [5.74, 6) is 0.0460. The van der Waals surface area contributed by atoms with Crippen LogP contribution in [0.15, 0.2) is 18.2 Å². The summed E-state index contributed by atoms with van der Waals surface area (Å²) in [7, 11) is 0. The summed E-state index contributed by atoms with van der Waals surface area (Å²) in [5, 5.41) is 6.02. The van der Waals surface area contributed by atoms with Crippen molar-refractivity contribution in [3.63, 3.8) is 0 Å². The summed E-state index contributed by atoms with van der Waals surface area (Å²) < 4.78 is 0. The van der Waals surface area contributed by atoms with Gasteiger partial charge in [0.25, 0.3) is 0 Å². The number of amides is 1. The van der Waals surface area contributed by atoms with Crippen molar-refractivity contribution >= 4 is 5.91 Å². The van der Waals surface area contributed by atoms with E-state index in [0.717, 1.165) is 0 Å². The maximum absolute atomic E-state index is 11.4. The lowest BCUT2D eigenvalue weighted by Gasteiger charge is -2.17. The highest BCUT2D eigenvalue weighted by Crippen LogP contribution is 2.18. The van der Waals surface area contributed by atoms with Gasteiger partial charge in [-0.1, -0.05) is 23.8 Å². The smallest absolute Gasteiger partial charge is 0.233 e.